The summed E-state index contributed by atoms with van der Waals surface area (Å²) in [4.78, 5) is 22.6. The van der Waals surface area contributed by atoms with Gasteiger partial charge in [-0.05, 0) is 11.4 Å². The summed E-state index contributed by atoms with van der Waals surface area (Å²) in [7, 11) is 1.53. The molecule has 0 atom stereocenters. The number of nitrogens with one attached hydrogen (secondary N) is 2. The molecule has 0 fully saturated rings. The molecule has 0 spiro atoms. The number of thiophene rings is 1. The van der Waals surface area contributed by atoms with Crippen LogP contribution >= 0.6 is 11.3 Å². The lowest BCUT2D eigenvalue weighted by molar-refractivity contribution is -0.119. The molecule has 70 valence electrons. The molecule has 0 aliphatic rings. The molecule has 0 radical (unpaired) electrons. The van der Waals surface area contributed by atoms with Gasteiger partial charge in [-0.15, -0.1) is 11.3 Å². The Hall–Kier alpha value is -1.36. The van der Waals surface area contributed by atoms with Gasteiger partial charge in [0.05, 0.1) is 11.4 Å². The predicted molar refractivity (Wildman–Crippen MR) is 50.7 cm³/mol. The van der Waals surface area contributed by atoms with E-state index < -0.39 is 0 Å². The van der Waals surface area contributed by atoms with E-state index in [1.165, 1.54) is 18.4 Å². The van der Waals surface area contributed by atoms with E-state index in [0.29, 0.717) is 4.88 Å². The van der Waals surface area contributed by atoms with E-state index in [0.717, 1.165) is 0 Å². The average molecular weight is 198 g/mol. The van der Waals surface area contributed by atoms with Gasteiger partial charge in [0.2, 0.25) is 5.91 Å². The van der Waals surface area contributed by atoms with Crippen molar-refractivity contribution in [1.82, 2.24) is 10.6 Å². The van der Waals surface area contributed by atoms with Gasteiger partial charge in [-0.2, -0.15) is 0 Å². The number of amides is 2. The van der Waals surface area contributed by atoms with E-state index in [1.807, 2.05) is 5.38 Å². The lowest BCUT2D eigenvalue weighted by atomic mass is 10.4. The highest BCUT2D eigenvalue weighted by atomic mass is 32.1. The van der Waals surface area contributed by atoms with Gasteiger partial charge in [0, 0.05) is 7.05 Å². The van der Waals surface area contributed by atoms with E-state index in [9.17, 15) is 9.59 Å². The van der Waals surface area contributed by atoms with Gasteiger partial charge in [0.25, 0.3) is 5.91 Å². The Bertz CT molecular complexity index is 295. The molecule has 1 heterocycles. The largest absolute Gasteiger partial charge is 0.358 e. The Morgan fingerprint density at radius 2 is 2.31 bits per heavy atom. The molecule has 0 bridgehead atoms. The summed E-state index contributed by atoms with van der Waals surface area (Å²) in [5, 5.41) is 6.72. The maximum Gasteiger partial charge on any atom is 0.261 e. The number of carbonyl (C=O) groups excluding carboxylic acids is 2. The third-order valence-electron chi connectivity index (χ3n) is 1.43. The summed E-state index contributed by atoms with van der Waals surface area (Å²) in [5.41, 5.74) is 0. The van der Waals surface area contributed by atoms with Gasteiger partial charge in [-0.1, -0.05) is 6.07 Å². The summed E-state index contributed by atoms with van der Waals surface area (Å²) in [6.45, 7) is 0.0211. The predicted octanol–water partition coefficient (Wildman–Crippen LogP) is 0.224. The summed E-state index contributed by atoms with van der Waals surface area (Å²) < 4.78 is 0. The van der Waals surface area contributed by atoms with E-state index in [4.69, 9.17) is 0 Å². The van der Waals surface area contributed by atoms with Crippen LogP contribution < -0.4 is 10.6 Å². The Balaban J connectivity index is 2.39. The van der Waals surface area contributed by atoms with Gasteiger partial charge >= 0.3 is 0 Å². The Kier molecular flexibility index (Phi) is 3.45. The molecule has 0 saturated carbocycles. The van der Waals surface area contributed by atoms with Gasteiger partial charge in [-0.3, -0.25) is 9.59 Å². The van der Waals surface area contributed by atoms with Crippen LogP contribution in [0, 0.1) is 0 Å². The second-order valence-electron chi connectivity index (χ2n) is 2.33. The molecule has 1 aromatic rings. The Morgan fingerprint density at radius 3 is 2.85 bits per heavy atom. The fraction of sp³-hybridized carbons (Fsp3) is 0.250. The zero-order valence-corrected chi connectivity index (χ0v) is 7.98. The molecule has 13 heavy (non-hydrogen) atoms. The Labute approximate surface area is 80.0 Å². The molecule has 4 nitrogen and oxygen atoms in total. The Morgan fingerprint density at radius 1 is 1.54 bits per heavy atom. The van der Waals surface area contributed by atoms with Crippen LogP contribution in [0.3, 0.4) is 0 Å². The second kappa shape index (κ2) is 4.61. The highest BCUT2D eigenvalue weighted by molar-refractivity contribution is 7.12. The van der Waals surface area contributed by atoms with E-state index >= 15 is 0 Å². The molecular weight excluding hydrogens is 188 g/mol. The fourth-order valence-electron chi connectivity index (χ4n) is 0.744. The van der Waals surface area contributed by atoms with Crippen LogP contribution in [-0.4, -0.2) is 25.4 Å². The van der Waals surface area contributed by atoms with Crippen molar-refractivity contribution in [1.29, 1.82) is 0 Å². The van der Waals surface area contributed by atoms with Gasteiger partial charge < -0.3 is 10.6 Å². The third kappa shape index (κ3) is 2.87. The third-order valence-corrected chi connectivity index (χ3v) is 2.30. The minimum Gasteiger partial charge on any atom is -0.358 e. The van der Waals surface area contributed by atoms with E-state index in [-0.39, 0.29) is 18.4 Å². The van der Waals surface area contributed by atoms with Gasteiger partial charge in [0.1, 0.15) is 0 Å². The van der Waals surface area contributed by atoms with E-state index in [1.54, 1.807) is 12.1 Å². The molecule has 0 unspecified atom stereocenters. The van der Waals surface area contributed by atoms with Crippen molar-refractivity contribution in [2.24, 2.45) is 0 Å². The summed E-state index contributed by atoms with van der Waals surface area (Å²) in [5.74, 6) is -0.413. The molecule has 2 amide bonds. The first kappa shape index (κ1) is 9.73. The van der Waals surface area contributed by atoms with Crippen LogP contribution in [-0.2, 0) is 4.79 Å². The van der Waals surface area contributed by atoms with Crippen LogP contribution in [0.5, 0.6) is 0 Å². The molecule has 0 saturated heterocycles. The molecule has 5 heteroatoms. The summed E-state index contributed by atoms with van der Waals surface area (Å²) in [6, 6.07) is 3.50. The van der Waals surface area contributed by atoms with Crippen LogP contribution in [0.1, 0.15) is 9.67 Å². The highest BCUT2D eigenvalue weighted by Crippen LogP contribution is 2.07. The van der Waals surface area contributed by atoms with Crippen molar-refractivity contribution in [3.63, 3.8) is 0 Å². The van der Waals surface area contributed by atoms with Crippen molar-refractivity contribution < 1.29 is 9.59 Å². The van der Waals surface area contributed by atoms with Crippen LogP contribution in [0.25, 0.3) is 0 Å². The van der Waals surface area contributed by atoms with Crippen LogP contribution in [0.2, 0.25) is 0 Å². The maximum absolute atomic E-state index is 11.2. The maximum atomic E-state index is 11.2. The minimum absolute atomic E-state index is 0.0211. The second-order valence-corrected chi connectivity index (χ2v) is 3.28. The first-order valence-electron chi connectivity index (χ1n) is 3.76. The van der Waals surface area contributed by atoms with Crippen molar-refractivity contribution in [2.45, 2.75) is 0 Å². The van der Waals surface area contributed by atoms with Crippen molar-refractivity contribution in [3.05, 3.63) is 22.4 Å². The fourth-order valence-corrected chi connectivity index (χ4v) is 1.38. The molecule has 0 aromatic carbocycles. The first-order valence-corrected chi connectivity index (χ1v) is 4.64. The molecular formula is C8H10N2O2S. The van der Waals surface area contributed by atoms with Crippen LogP contribution in [0.15, 0.2) is 17.5 Å². The lowest BCUT2D eigenvalue weighted by Crippen LogP contribution is -2.34. The number of likely N-dealkylation sites (N-methyl/N-ethyl adjacent to an activating group) is 1. The zero-order chi connectivity index (χ0) is 9.68. The summed E-state index contributed by atoms with van der Waals surface area (Å²) >= 11 is 1.35. The number of carbonyl (C=O) groups is 2. The molecule has 1 aromatic heterocycles. The zero-order valence-electron chi connectivity index (χ0n) is 7.16. The van der Waals surface area contributed by atoms with Crippen molar-refractivity contribution in [2.75, 3.05) is 13.6 Å². The monoisotopic (exact) mass is 198 g/mol. The number of rotatable bonds is 3. The molecule has 0 aliphatic heterocycles. The van der Waals surface area contributed by atoms with Crippen molar-refractivity contribution in [3.8, 4) is 0 Å². The van der Waals surface area contributed by atoms with Gasteiger partial charge in [-0.25, -0.2) is 0 Å². The van der Waals surface area contributed by atoms with E-state index in [2.05, 4.69) is 10.6 Å². The number of hydrogen-bond donors (Lipinski definition) is 2. The van der Waals surface area contributed by atoms with Crippen molar-refractivity contribution >= 4 is 23.2 Å². The standard InChI is InChI=1S/C8H10N2O2S/c1-9-7(11)5-10-8(12)6-3-2-4-13-6/h2-4H,5H2,1H3,(H,9,11)(H,10,12). The van der Waals surface area contributed by atoms with Crippen LogP contribution in [0.4, 0.5) is 0 Å². The minimum atomic E-state index is -0.210. The highest BCUT2D eigenvalue weighted by Gasteiger charge is 2.06. The SMILES string of the molecule is CNC(=O)CNC(=O)c1cccs1. The average Bonchev–Trinajstić information content (AvgIpc) is 2.66. The normalized spacial score (nSPS) is 9.31. The first-order chi connectivity index (χ1) is 6.24. The summed E-state index contributed by atoms with van der Waals surface area (Å²) in [6.07, 6.45) is 0. The topological polar surface area (TPSA) is 58.2 Å². The molecule has 2 N–H and O–H groups in total. The molecule has 1 rings (SSSR count). The lowest BCUT2D eigenvalue weighted by Gasteiger charge is -2.01. The molecule has 0 aliphatic carbocycles. The quantitative estimate of drug-likeness (QED) is 0.730. The number of hydrogen-bond acceptors (Lipinski definition) is 3. The smallest absolute Gasteiger partial charge is 0.261 e. The van der Waals surface area contributed by atoms with Gasteiger partial charge in [0.15, 0.2) is 0 Å².